The topological polar surface area (TPSA) is 4.93 Å². The minimum absolute atomic E-state index is 0.706. The minimum Gasteiger partial charge on any atom is -0.343 e. The molecular formula is C15H10BrCl2N. The molecule has 3 rings (SSSR count). The lowest BCUT2D eigenvalue weighted by molar-refractivity contribution is 0.837. The molecule has 1 nitrogen and oxygen atoms in total. The van der Waals surface area contributed by atoms with Gasteiger partial charge in [0.1, 0.15) is 0 Å². The first kappa shape index (κ1) is 13.0. The van der Waals surface area contributed by atoms with Crippen molar-refractivity contribution in [3.63, 3.8) is 0 Å². The van der Waals surface area contributed by atoms with Crippen molar-refractivity contribution in [1.82, 2.24) is 4.57 Å². The Labute approximate surface area is 129 Å². The summed E-state index contributed by atoms with van der Waals surface area (Å²) in [6.45, 7) is 0.708. The van der Waals surface area contributed by atoms with Gasteiger partial charge in [-0.25, -0.2) is 0 Å². The zero-order chi connectivity index (χ0) is 13.4. The fourth-order valence-corrected chi connectivity index (χ4v) is 3.03. The second kappa shape index (κ2) is 5.20. The van der Waals surface area contributed by atoms with Crippen LogP contribution in [-0.4, -0.2) is 4.57 Å². The molecular weight excluding hydrogens is 345 g/mol. The molecule has 96 valence electrons. The number of benzene rings is 2. The van der Waals surface area contributed by atoms with Gasteiger partial charge in [0.2, 0.25) is 0 Å². The fraction of sp³-hybridized carbons (Fsp3) is 0.0667. The average Bonchev–Trinajstić information content (AvgIpc) is 2.79. The summed E-state index contributed by atoms with van der Waals surface area (Å²) in [4.78, 5) is 0. The molecule has 0 aliphatic rings. The third-order valence-electron chi connectivity index (χ3n) is 3.11. The monoisotopic (exact) mass is 353 g/mol. The van der Waals surface area contributed by atoms with Crippen molar-refractivity contribution in [2.45, 2.75) is 6.54 Å². The summed E-state index contributed by atoms with van der Waals surface area (Å²) in [5, 5.41) is 2.64. The van der Waals surface area contributed by atoms with Crippen LogP contribution in [0.15, 0.2) is 53.1 Å². The maximum Gasteiger partial charge on any atom is 0.0494 e. The average molecular weight is 355 g/mol. The second-order valence-electron chi connectivity index (χ2n) is 4.35. The van der Waals surface area contributed by atoms with Crippen LogP contribution in [0.4, 0.5) is 0 Å². The third kappa shape index (κ3) is 2.53. The molecule has 19 heavy (non-hydrogen) atoms. The highest BCUT2D eigenvalue weighted by atomic mass is 79.9. The van der Waals surface area contributed by atoms with Crippen LogP contribution in [-0.2, 0) is 6.54 Å². The lowest BCUT2D eigenvalue weighted by Gasteiger charge is -2.08. The van der Waals surface area contributed by atoms with Crippen LogP contribution in [0.25, 0.3) is 10.9 Å². The van der Waals surface area contributed by atoms with Crippen molar-refractivity contribution in [2.75, 3.05) is 0 Å². The molecule has 1 heterocycles. The van der Waals surface area contributed by atoms with E-state index in [9.17, 15) is 0 Å². The Bertz CT molecular complexity index is 749. The predicted molar refractivity (Wildman–Crippen MR) is 85.2 cm³/mol. The van der Waals surface area contributed by atoms with Crippen LogP contribution in [0.3, 0.4) is 0 Å². The van der Waals surface area contributed by atoms with Gasteiger partial charge < -0.3 is 4.57 Å². The largest absolute Gasteiger partial charge is 0.343 e. The van der Waals surface area contributed by atoms with Gasteiger partial charge in [-0.15, -0.1) is 0 Å². The molecule has 0 bridgehead atoms. The highest BCUT2D eigenvalue weighted by Gasteiger charge is 2.07. The summed E-state index contributed by atoms with van der Waals surface area (Å²) in [7, 11) is 0. The Kier molecular flexibility index (Phi) is 3.57. The minimum atomic E-state index is 0.706. The summed E-state index contributed by atoms with van der Waals surface area (Å²) in [6.07, 6.45) is 2.06. The van der Waals surface area contributed by atoms with E-state index in [1.54, 1.807) is 6.07 Å². The maximum atomic E-state index is 6.21. The van der Waals surface area contributed by atoms with Gasteiger partial charge in [0.15, 0.2) is 0 Å². The van der Waals surface area contributed by atoms with E-state index in [2.05, 4.69) is 38.8 Å². The van der Waals surface area contributed by atoms with E-state index >= 15 is 0 Å². The Balaban J connectivity index is 2.06. The van der Waals surface area contributed by atoms with Crippen molar-refractivity contribution in [3.05, 3.63) is 68.7 Å². The summed E-state index contributed by atoms with van der Waals surface area (Å²) < 4.78 is 3.26. The molecule has 1 aromatic heterocycles. The smallest absolute Gasteiger partial charge is 0.0494 e. The third-order valence-corrected chi connectivity index (χ3v) is 4.40. The molecule has 0 spiro atoms. The van der Waals surface area contributed by atoms with Gasteiger partial charge >= 0.3 is 0 Å². The van der Waals surface area contributed by atoms with Gasteiger partial charge in [-0.2, -0.15) is 0 Å². The first-order chi connectivity index (χ1) is 9.15. The summed E-state index contributed by atoms with van der Waals surface area (Å²) in [6, 6.07) is 13.8. The highest BCUT2D eigenvalue weighted by Crippen LogP contribution is 2.27. The lowest BCUT2D eigenvalue weighted by atomic mass is 10.2. The van der Waals surface area contributed by atoms with E-state index in [4.69, 9.17) is 23.2 Å². The number of nitrogens with zero attached hydrogens (tertiary/aromatic N) is 1. The van der Waals surface area contributed by atoms with Gasteiger partial charge in [0, 0.05) is 38.2 Å². The number of hydrogen-bond donors (Lipinski definition) is 0. The van der Waals surface area contributed by atoms with E-state index in [0.29, 0.717) is 11.6 Å². The molecule has 0 aliphatic carbocycles. The van der Waals surface area contributed by atoms with E-state index in [0.717, 1.165) is 15.1 Å². The molecule has 0 radical (unpaired) electrons. The fourth-order valence-electron chi connectivity index (χ4n) is 2.17. The van der Waals surface area contributed by atoms with Crippen LogP contribution in [0.5, 0.6) is 0 Å². The standard InChI is InChI=1S/C15H10BrCl2N/c16-13-2-1-3-15-12(13)6-7-19(15)9-10-8-11(17)4-5-14(10)18/h1-8H,9H2. The first-order valence-corrected chi connectivity index (χ1v) is 7.37. The van der Waals surface area contributed by atoms with Gasteiger partial charge in [-0.3, -0.25) is 0 Å². The molecule has 0 unspecified atom stereocenters. The predicted octanol–water partition coefficient (Wildman–Crippen LogP) is 5.76. The second-order valence-corrected chi connectivity index (χ2v) is 6.05. The van der Waals surface area contributed by atoms with Crippen LogP contribution in [0.1, 0.15) is 5.56 Å². The van der Waals surface area contributed by atoms with Crippen molar-refractivity contribution in [2.24, 2.45) is 0 Å². The number of aromatic nitrogens is 1. The summed E-state index contributed by atoms with van der Waals surface area (Å²) >= 11 is 15.8. The summed E-state index contributed by atoms with van der Waals surface area (Å²) in [5.74, 6) is 0. The van der Waals surface area contributed by atoms with Gasteiger partial charge in [-0.05, 0) is 42.0 Å². The Morgan fingerprint density at radius 2 is 1.89 bits per heavy atom. The van der Waals surface area contributed by atoms with Gasteiger partial charge in [0.05, 0.1) is 0 Å². The Morgan fingerprint density at radius 3 is 2.74 bits per heavy atom. The van der Waals surface area contributed by atoms with E-state index in [1.165, 1.54) is 10.9 Å². The SMILES string of the molecule is Clc1ccc(Cl)c(Cn2ccc3c(Br)cccc32)c1. The molecule has 0 saturated carbocycles. The van der Waals surface area contributed by atoms with E-state index < -0.39 is 0 Å². The first-order valence-electron chi connectivity index (χ1n) is 5.82. The zero-order valence-corrected chi connectivity index (χ0v) is 13.0. The van der Waals surface area contributed by atoms with Gasteiger partial charge in [0.25, 0.3) is 0 Å². The van der Waals surface area contributed by atoms with Crippen LogP contribution >= 0.6 is 39.1 Å². The molecule has 4 heteroatoms. The lowest BCUT2D eigenvalue weighted by Crippen LogP contribution is -1.98. The molecule has 0 aliphatic heterocycles. The number of hydrogen-bond acceptors (Lipinski definition) is 0. The van der Waals surface area contributed by atoms with Crippen LogP contribution in [0.2, 0.25) is 10.0 Å². The van der Waals surface area contributed by atoms with Crippen molar-refractivity contribution in [3.8, 4) is 0 Å². The summed E-state index contributed by atoms with van der Waals surface area (Å²) in [5.41, 5.74) is 2.19. The van der Waals surface area contributed by atoms with E-state index in [-0.39, 0.29) is 0 Å². The van der Waals surface area contributed by atoms with Gasteiger partial charge in [-0.1, -0.05) is 45.2 Å². The molecule has 0 fully saturated rings. The molecule has 2 aromatic carbocycles. The van der Waals surface area contributed by atoms with Crippen molar-refractivity contribution < 1.29 is 0 Å². The normalized spacial score (nSPS) is 11.1. The number of halogens is 3. The Hall–Kier alpha value is -0.960. The molecule has 0 N–H and O–H groups in total. The van der Waals surface area contributed by atoms with Crippen LogP contribution in [0, 0.1) is 0 Å². The van der Waals surface area contributed by atoms with Crippen LogP contribution < -0.4 is 0 Å². The molecule has 0 amide bonds. The number of rotatable bonds is 2. The Morgan fingerprint density at radius 1 is 1.05 bits per heavy atom. The molecule has 3 aromatic rings. The van der Waals surface area contributed by atoms with Crippen molar-refractivity contribution >= 4 is 50.0 Å². The molecule has 0 saturated heterocycles. The van der Waals surface area contributed by atoms with E-state index in [1.807, 2.05) is 24.3 Å². The quantitative estimate of drug-likeness (QED) is 0.551. The number of fused-ring (bicyclic) bond motifs is 1. The molecule has 0 atom stereocenters. The highest BCUT2D eigenvalue weighted by molar-refractivity contribution is 9.10. The zero-order valence-electron chi connectivity index (χ0n) is 9.91. The maximum absolute atomic E-state index is 6.21. The van der Waals surface area contributed by atoms with Crippen molar-refractivity contribution in [1.29, 1.82) is 0 Å².